The monoisotopic (exact) mass is 943 g/mol. The molecule has 0 spiro atoms. The van der Waals surface area contributed by atoms with E-state index >= 15 is 0 Å². The number of unbranched alkanes of at least 4 members (excludes halogenated alkanes) is 36. The maximum atomic E-state index is 12.8. The van der Waals surface area contributed by atoms with E-state index in [1.165, 1.54) is 212 Å². The summed E-state index contributed by atoms with van der Waals surface area (Å²) in [5.41, 5.74) is 0. The van der Waals surface area contributed by atoms with Crippen LogP contribution < -0.4 is 0 Å². The van der Waals surface area contributed by atoms with Gasteiger partial charge in [-0.1, -0.05) is 238 Å². The number of phosphoric acid groups is 1. The lowest BCUT2D eigenvalue weighted by Crippen LogP contribution is -2.37. The van der Waals surface area contributed by atoms with Gasteiger partial charge in [0.25, 0.3) is 0 Å². The van der Waals surface area contributed by atoms with Crippen LogP contribution in [0, 0.1) is 0 Å². The standard InChI is InChI=1S/C55H108NO8P/c1-6-8-10-12-14-16-18-20-22-24-26-28-30-32-34-36-38-40-42-44-46-48-55(58)64-53(52-63-65(59,60)62-50-49-56(3,4)5)51-61-54(57)47-45-43-41-39-37-35-33-31-29-27-25-23-21-19-17-15-13-11-9-7-2/h24,26,53H,6-23,25,27-52H2,1-5H3/p+1/b26-24-. The van der Waals surface area contributed by atoms with E-state index in [1.807, 2.05) is 21.1 Å². The second-order valence-electron chi connectivity index (χ2n) is 20.3. The summed E-state index contributed by atoms with van der Waals surface area (Å²) in [7, 11) is 1.49. The van der Waals surface area contributed by atoms with Crippen LogP contribution >= 0.6 is 7.82 Å². The number of esters is 2. The molecule has 0 amide bonds. The molecule has 0 bridgehead atoms. The van der Waals surface area contributed by atoms with Gasteiger partial charge in [-0.2, -0.15) is 0 Å². The number of ether oxygens (including phenoxy) is 2. The minimum absolute atomic E-state index is 0.0350. The first-order valence-electron chi connectivity index (χ1n) is 27.9. The van der Waals surface area contributed by atoms with Crippen molar-refractivity contribution in [1.29, 1.82) is 0 Å². The number of rotatable bonds is 52. The lowest BCUT2D eigenvalue weighted by Gasteiger charge is -2.24. The first-order chi connectivity index (χ1) is 31.5. The minimum Gasteiger partial charge on any atom is -0.462 e. The molecule has 0 heterocycles. The summed E-state index contributed by atoms with van der Waals surface area (Å²) < 4.78 is 34.5. The molecule has 386 valence electrons. The number of phosphoric ester groups is 1. The van der Waals surface area contributed by atoms with Crippen LogP contribution in [0.4, 0.5) is 0 Å². The summed E-state index contributed by atoms with van der Waals surface area (Å²) in [5, 5.41) is 0. The van der Waals surface area contributed by atoms with Crippen LogP contribution in [0.15, 0.2) is 12.2 Å². The molecule has 0 fully saturated rings. The molecule has 0 aliphatic carbocycles. The zero-order valence-electron chi connectivity index (χ0n) is 43.8. The third-order valence-electron chi connectivity index (χ3n) is 12.5. The van der Waals surface area contributed by atoms with Crippen LogP contribution in [0.5, 0.6) is 0 Å². The Hall–Kier alpha value is -1.25. The molecule has 0 rings (SSSR count). The molecule has 0 saturated carbocycles. The Labute approximate surface area is 403 Å². The van der Waals surface area contributed by atoms with E-state index in [1.54, 1.807) is 0 Å². The van der Waals surface area contributed by atoms with Gasteiger partial charge in [-0.3, -0.25) is 18.6 Å². The Kier molecular flexibility index (Phi) is 46.9. The van der Waals surface area contributed by atoms with E-state index in [0.717, 1.165) is 32.1 Å². The highest BCUT2D eigenvalue weighted by atomic mass is 31.2. The van der Waals surface area contributed by atoms with E-state index < -0.39 is 26.5 Å². The second kappa shape index (κ2) is 47.8. The van der Waals surface area contributed by atoms with Crippen LogP contribution in [0.25, 0.3) is 0 Å². The second-order valence-corrected chi connectivity index (χ2v) is 21.8. The molecule has 0 aromatic rings. The SMILES string of the molecule is CCCCCCCCCC/C=C\CCCCCCCCCCCC(=O)OC(COC(=O)CCCCCCCCCCCCCCCCCCCCCC)COP(=O)(O)OCC[N+](C)(C)C. The fourth-order valence-corrected chi connectivity index (χ4v) is 8.93. The normalized spacial score (nSPS) is 13.4. The summed E-state index contributed by atoms with van der Waals surface area (Å²) in [6.07, 6.45) is 54.1. The van der Waals surface area contributed by atoms with Crippen molar-refractivity contribution < 1.29 is 42.1 Å². The summed E-state index contributed by atoms with van der Waals surface area (Å²) in [6, 6.07) is 0. The predicted molar refractivity (Wildman–Crippen MR) is 275 cm³/mol. The zero-order valence-corrected chi connectivity index (χ0v) is 44.6. The van der Waals surface area contributed by atoms with Crippen molar-refractivity contribution in [1.82, 2.24) is 0 Å². The average molecular weight is 943 g/mol. The summed E-state index contributed by atoms with van der Waals surface area (Å²) in [4.78, 5) is 35.6. The van der Waals surface area contributed by atoms with Crippen LogP contribution in [0.2, 0.25) is 0 Å². The fourth-order valence-electron chi connectivity index (χ4n) is 8.19. The molecule has 9 nitrogen and oxygen atoms in total. The number of carbonyl (C=O) groups is 2. The van der Waals surface area contributed by atoms with E-state index in [-0.39, 0.29) is 25.6 Å². The number of allylic oxidation sites excluding steroid dienone is 2. The molecular weight excluding hydrogens is 834 g/mol. The largest absolute Gasteiger partial charge is 0.472 e. The Balaban J connectivity index is 4.16. The Morgan fingerprint density at radius 3 is 1.14 bits per heavy atom. The lowest BCUT2D eigenvalue weighted by atomic mass is 10.0. The maximum absolute atomic E-state index is 12.8. The number of hydrogen-bond donors (Lipinski definition) is 1. The molecule has 0 saturated heterocycles. The zero-order chi connectivity index (χ0) is 47.8. The van der Waals surface area contributed by atoms with Gasteiger partial charge in [0.15, 0.2) is 6.10 Å². The van der Waals surface area contributed by atoms with Gasteiger partial charge < -0.3 is 18.9 Å². The minimum atomic E-state index is -4.38. The third-order valence-corrected chi connectivity index (χ3v) is 13.5. The van der Waals surface area contributed by atoms with Crippen molar-refractivity contribution in [2.75, 3.05) is 47.5 Å². The Morgan fingerprint density at radius 1 is 0.462 bits per heavy atom. The molecular formula is C55H109NO8P+. The highest BCUT2D eigenvalue weighted by Crippen LogP contribution is 2.43. The summed E-state index contributed by atoms with van der Waals surface area (Å²) in [5.74, 6) is -0.782. The van der Waals surface area contributed by atoms with Gasteiger partial charge in [0, 0.05) is 12.8 Å². The average Bonchev–Trinajstić information content (AvgIpc) is 3.26. The number of carbonyl (C=O) groups excluding carboxylic acids is 2. The molecule has 0 aliphatic heterocycles. The number of nitrogens with zero attached hydrogens (tertiary/aromatic N) is 1. The lowest BCUT2D eigenvalue weighted by molar-refractivity contribution is -0.870. The molecule has 0 aromatic heterocycles. The van der Waals surface area contributed by atoms with Crippen LogP contribution in [-0.4, -0.2) is 74.9 Å². The topological polar surface area (TPSA) is 108 Å². The highest BCUT2D eigenvalue weighted by molar-refractivity contribution is 7.47. The molecule has 2 atom stereocenters. The highest BCUT2D eigenvalue weighted by Gasteiger charge is 2.27. The van der Waals surface area contributed by atoms with E-state index in [2.05, 4.69) is 26.0 Å². The first kappa shape index (κ1) is 63.8. The third kappa shape index (κ3) is 52.0. The maximum Gasteiger partial charge on any atom is 0.472 e. The van der Waals surface area contributed by atoms with Crippen molar-refractivity contribution in [2.45, 2.75) is 283 Å². The summed E-state index contributed by atoms with van der Waals surface area (Å²) in [6.45, 7) is 4.49. The molecule has 0 aromatic carbocycles. The van der Waals surface area contributed by atoms with Crippen LogP contribution in [0.1, 0.15) is 277 Å². The van der Waals surface area contributed by atoms with E-state index in [0.29, 0.717) is 23.9 Å². The van der Waals surface area contributed by atoms with Crippen LogP contribution in [0.3, 0.4) is 0 Å². The van der Waals surface area contributed by atoms with Crippen molar-refractivity contribution >= 4 is 19.8 Å². The van der Waals surface area contributed by atoms with Gasteiger partial charge in [0.2, 0.25) is 0 Å². The number of quaternary nitrogens is 1. The van der Waals surface area contributed by atoms with Crippen molar-refractivity contribution in [3.05, 3.63) is 12.2 Å². The van der Waals surface area contributed by atoms with E-state index in [4.69, 9.17) is 18.5 Å². The first-order valence-corrected chi connectivity index (χ1v) is 29.4. The van der Waals surface area contributed by atoms with Gasteiger partial charge in [-0.15, -0.1) is 0 Å². The molecule has 0 aliphatic rings. The number of likely N-dealkylation sites (N-methyl/N-ethyl adjacent to an activating group) is 1. The predicted octanol–water partition coefficient (Wildman–Crippen LogP) is 16.9. The van der Waals surface area contributed by atoms with Gasteiger partial charge in [-0.25, -0.2) is 4.57 Å². The van der Waals surface area contributed by atoms with Gasteiger partial charge >= 0.3 is 19.8 Å². The molecule has 2 unspecified atom stereocenters. The Bertz CT molecular complexity index is 1110. The van der Waals surface area contributed by atoms with Gasteiger partial charge in [-0.05, 0) is 38.5 Å². The van der Waals surface area contributed by atoms with Crippen molar-refractivity contribution in [3.8, 4) is 0 Å². The molecule has 65 heavy (non-hydrogen) atoms. The molecule has 10 heteroatoms. The van der Waals surface area contributed by atoms with E-state index in [9.17, 15) is 19.0 Å². The Morgan fingerprint density at radius 2 is 0.785 bits per heavy atom. The molecule has 0 radical (unpaired) electrons. The van der Waals surface area contributed by atoms with Crippen molar-refractivity contribution in [3.63, 3.8) is 0 Å². The number of hydrogen-bond acceptors (Lipinski definition) is 7. The van der Waals surface area contributed by atoms with Gasteiger partial charge in [0.05, 0.1) is 27.7 Å². The fraction of sp³-hybridized carbons (Fsp3) is 0.927. The molecule has 1 N–H and O–H groups in total. The summed E-state index contributed by atoms with van der Waals surface area (Å²) >= 11 is 0. The van der Waals surface area contributed by atoms with Crippen molar-refractivity contribution in [2.24, 2.45) is 0 Å². The quantitative estimate of drug-likeness (QED) is 0.0211. The smallest absolute Gasteiger partial charge is 0.462 e. The van der Waals surface area contributed by atoms with Crippen LogP contribution in [-0.2, 0) is 32.7 Å². The van der Waals surface area contributed by atoms with Gasteiger partial charge in [0.1, 0.15) is 19.8 Å².